The Morgan fingerprint density at radius 1 is 0.867 bits per heavy atom. The Bertz CT molecular complexity index is 1380. The molecule has 1 fully saturated rings. The van der Waals surface area contributed by atoms with Crippen LogP contribution in [0.15, 0.2) is 66.7 Å². The van der Waals surface area contributed by atoms with E-state index in [4.69, 9.17) is 14.8 Å². The lowest BCUT2D eigenvalue weighted by Gasteiger charge is -2.28. The average molecular weight is 394 g/mol. The number of aromatic nitrogens is 3. The Morgan fingerprint density at radius 2 is 1.63 bits per heavy atom. The van der Waals surface area contributed by atoms with E-state index in [0.717, 1.165) is 65.0 Å². The summed E-state index contributed by atoms with van der Waals surface area (Å²) >= 11 is 0. The Morgan fingerprint density at radius 3 is 2.43 bits per heavy atom. The highest BCUT2D eigenvalue weighted by atomic mass is 16.5. The van der Waals surface area contributed by atoms with Crippen molar-refractivity contribution in [2.45, 2.75) is 6.92 Å². The number of morpholine rings is 1. The number of benzene rings is 3. The van der Waals surface area contributed by atoms with Gasteiger partial charge < -0.3 is 9.64 Å². The minimum absolute atomic E-state index is 0.769. The smallest absolute Gasteiger partial charge is 0.162 e. The number of rotatable bonds is 2. The number of nitrogens with zero attached hydrogens (tertiary/aromatic N) is 4. The number of imidazole rings is 1. The molecular formula is C25H22N4O. The van der Waals surface area contributed by atoms with Crippen LogP contribution < -0.4 is 4.90 Å². The second-order valence-corrected chi connectivity index (χ2v) is 7.88. The van der Waals surface area contributed by atoms with E-state index in [9.17, 15) is 0 Å². The van der Waals surface area contributed by atoms with Crippen molar-refractivity contribution in [2.75, 3.05) is 31.2 Å². The van der Waals surface area contributed by atoms with E-state index in [0.29, 0.717) is 0 Å². The van der Waals surface area contributed by atoms with Crippen molar-refractivity contribution in [2.24, 2.45) is 0 Å². The van der Waals surface area contributed by atoms with Crippen molar-refractivity contribution in [3.05, 3.63) is 72.3 Å². The van der Waals surface area contributed by atoms with Crippen LogP contribution in [0.4, 0.5) is 5.69 Å². The van der Waals surface area contributed by atoms with Crippen LogP contribution in [0.1, 0.15) is 5.56 Å². The van der Waals surface area contributed by atoms with Crippen LogP contribution in [0.25, 0.3) is 38.7 Å². The summed E-state index contributed by atoms with van der Waals surface area (Å²) in [5, 5.41) is 7.33. The van der Waals surface area contributed by atoms with Gasteiger partial charge in [0.1, 0.15) is 0 Å². The molecule has 0 spiro atoms. The molecule has 0 radical (unpaired) electrons. The van der Waals surface area contributed by atoms with E-state index >= 15 is 0 Å². The maximum atomic E-state index is 5.51. The molecule has 5 nitrogen and oxygen atoms in total. The molecule has 3 aromatic carbocycles. The summed E-state index contributed by atoms with van der Waals surface area (Å²) < 4.78 is 7.52. The molecule has 0 saturated carbocycles. The van der Waals surface area contributed by atoms with Crippen LogP contribution in [-0.4, -0.2) is 40.9 Å². The number of fused-ring (bicyclic) bond motifs is 5. The quantitative estimate of drug-likeness (QED) is 0.429. The summed E-state index contributed by atoms with van der Waals surface area (Å²) in [5.74, 6) is 0. The molecule has 0 N–H and O–H groups in total. The lowest BCUT2D eigenvalue weighted by molar-refractivity contribution is 0.122. The van der Waals surface area contributed by atoms with E-state index in [1.54, 1.807) is 0 Å². The van der Waals surface area contributed by atoms with Crippen LogP contribution >= 0.6 is 0 Å². The fourth-order valence-corrected chi connectivity index (χ4v) is 4.31. The molecule has 30 heavy (non-hydrogen) atoms. The maximum Gasteiger partial charge on any atom is 0.162 e. The normalized spacial score (nSPS) is 14.8. The number of hydrogen-bond donors (Lipinski definition) is 0. The Balaban J connectivity index is 1.63. The van der Waals surface area contributed by atoms with E-state index in [-0.39, 0.29) is 0 Å². The Kier molecular flexibility index (Phi) is 3.96. The van der Waals surface area contributed by atoms with Crippen LogP contribution in [0.3, 0.4) is 0 Å². The van der Waals surface area contributed by atoms with Crippen molar-refractivity contribution >= 4 is 33.1 Å². The number of hydrogen-bond acceptors (Lipinski definition) is 4. The van der Waals surface area contributed by atoms with Gasteiger partial charge in [0.15, 0.2) is 5.65 Å². The third-order valence-corrected chi connectivity index (χ3v) is 5.94. The zero-order chi connectivity index (χ0) is 20.1. The fourth-order valence-electron chi connectivity index (χ4n) is 4.31. The van der Waals surface area contributed by atoms with Crippen LogP contribution in [0.5, 0.6) is 0 Å². The molecule has 2 aromatic heterocycles. The van der Waals surface area contributed by atoms with Gasteiger partial charge in [0.05, 0.1) is 29.9 Å². The monoisotopic (exact) mass is 394 g/mol. The predicted molar refractivity (Wildman–Crippen MR) is 121 cm³/mol. The first-order valence-corrected chi connectivity index (χ1v) is 10.4. The van der Waals surface area contributed by atoms with Gasteiger partial charge >= 0.3 is 0 Å². The molecular weight excluding hydrogens is 372 g/mol. The first kappa shape index (κ1) is 17.4. The summed E-state index contributed by atoms with van der Waals surface area (Å²) in [6, 6.07) is 23.4. The zero-order valence-corrected chi connectivity index (χ0v) is 16.9. The van der Waals surface area contributed by atoms with Gasteiger partial charge in [-0.15, -0.1) is 0 Å². The van der Waals surface area contributed by atoms with E-state index in [1.807, 2.05) is 4.52 Å². The predicted octanol–water partition coefficient (Wildman–Crippen LogP) is 4.85. The lowest BCUT2D eigenvalue weighted by atomic mass is 10.0. The molecule has 1 saturated heterocycles. The zero-order valence-electron chi connectivity index (χ0n) is 16.9. The molecule has 0 atom stereocenters. The van der Waals surface area contributed by atoms with Crippen LogP contribution in [0.2, 0.25) is 0 Å². The van der Waals surface area contributed by atoms with Gasteiger partial charge in [0.25, 0.3) is 0 Å². The summed E-state index contributed by atoms with van der Waals surface area (Å²) in [7, 11) is 0. The number of anilines is 1. The van der Waals surface area contributed by atoms with Crippen LogP contribution in [-0.2, 0) is 4.74 Å². The Hall–Kier alpha value is -3.44. The van der Waals surface area contributed by atoms with Gasteiger partial charge in [-0.1, -0.05) is 54.1 Å². The van der Waals surface area contributed by atoms with Crippen molar-refractivity contribution < 1.29 is 4.74 Å². The van der Waals surface area contributed by atoms with Crippen molar-refractivity contribution in [1.82, 2.24) is 14.6 Å². The highest BCUT2D eigenvalue weighted by Crippen LogP contribution is 2.32. The van der Waals surface area contributed by atoms with E-state index in [1.165, 1.54) is 11.3 Å². The second-order valence-electron chi connectivity index (χ2n) is 7.88. The number of aryl methyl sites for hydroxylation is 1. The van der Waals surface area contributed by atoms with Gasteiger partial charge in [-0.05, 0) is 25.1 Å². The minimum atomic E-state index is 0.769. The minimum Gasteiger partial charge on any atom is -0.378 e. The molecule has 5 aromatic rings. The highest BCUT2D eigenvalue weighted by Gasteiger charge is 2.17. The first-order valence-electron chi connectivity index (χ1n) is 10.4. The molecule has 5 heteroatoms. The average Bonchev–Trinajstić information content (AvgIpc) is 3.18. The standard InChI is InChI=1S/C25H22N4O/c1-17-6-8-18(9-7-17)24-20-4-2-3-5-21(20)25-26-22-11-10-19(16-23(22)29(25)27-24)28-12-14-30-15-13-28/h2-11,16H,12-15H2,1H3. The number of ether oxygens (including phenoxy) is 1. The van der Waals surface area contributed by atoms with Crippen LogP contribution in [0, 0.1) is 6.92 Å². The summed E-state index contributed by atoms with van der Waals surface area (Å²) in [4.78, 5) is 7.30. The van der Waals surface area contributed by atoms with Crippen molar-refractivity contribution in [3.8, 4) is 11.3 Å². The van der Waals surface area contributed by atoms with Gasteiger partial charge in [-0.2, -0.15) is 5.10 Å². The molecule has 0 bridgehead atoms. The van der Waals surface area contributed by atoms with Crippen molar-refractivity contribution in [1.29, 1.82) is 0 Å². The molecule has 148 valence electrons. The van der Waals surface area contributed by atoms with Gasteiger partial charge in [-0.3, -0.25) is 0 Å². The molecule has 0 aliphatic carbocycles. The van der Waals surface area contributed by atoms with E-state index in [2.05, 4.69) is 78.6 Å². The second kappa shape index (κ2) is 6.82. The third-order valence-electron chi connectivity index (χ3n) is 5.94. The third kappa shape index (κ3) is 2.74. The van der Waals surface area contributed by atoms with Crippen molar-refractivity contribution in [3.63, 3.8) is 0 Å². The summed E-state index contributed by atoms with van der Waals surface area (Å²) in [6.45, 7) is 5.47. The van der Waals surface area contributed by atoms with Gasteiger partial charge in [0, 0.05) is 35.1 Å². The van der Waals surface area contributed by atoms with E-state index < -0.39 is 0 Å². The lowest BCUT2D eigenvalue weighted by Crippen LogP contribution is -2.36. The molecule has 0 unspecified atom stereocenters. The Labute approximate surface area is 174 Å². The molecule has 1 aliphatic rings. The molecule has 6 rings (SSSR count). The largest absolute Gasteiger partial charge is 0.378 e. The molecule has 3 heterocycles. The highest BCUT2D eigenvalue weighted by molar-refractivity contribution is 6.04. The van der Waals surface area contributed by atoms with Gasteiger partial charge in [0.2, 0.25) is 0 Å². The summed E-state index contributed by atoms with van der Waals surface area (Å²) in [6.07, 6.45) is 0. The van der Waals surface area contributed by atoms with Gasteiger partial charge in [-0.25, -0.2) is 9.50 Å². The SMILES string of the molecule is Cc1ccc(-c2nn3c4cc(N5CCOCC5)ccc4nc3c3ccccc23)cc1. The topological polar surface area (TPSA) is 42.7 Å². The molecule has 1 aliphatic heterocycles. The summed E-state index contributed by atoms with van der Waals surface area (Å²) in [5.41, 5.74) is 7.43. The maximum absolute atomic E-state index is 5.51. The first-order chi connectivity index (χ1) is 14.8. The molecule has 0 amide bonds. The fraction of sp³-hybridized carbons (Fsp3) is 0.200.